The third-order valence-corrected chi connectivity index (χ3v) is 7.00. The fourth-order valence-corrected chi connectivity index (χ4v) is 4.59. The molecule has 0 aliphatic heterocycles. The first-order valence-corrected chi connectivity index (χ1v) is 12.9. The minimum Gasteiger partial charge on any atom is -0.467 e. The topological polar surface area (TPSA) is 115 Å². The highest BCUT2D eigenvalue weighted by molar-refractivity contribution is 6.44. The predicted molar refractivity (Wildman–Crippen MR) is 153 cm³/mol. The van der Waals surface area contributed by atoms with Crippen LogP contribution in [0.15, 0.2) is 99.1 Å². The molecular weight excluding hydrogens is 555 g/mol. The zero-order valence-electron chi connectivity index (χ0n) is 20.9. The van der Waals surface area contributed by atoms with Gasteiger partial charge in [0.2, 0.25) is 11.8 Å². The molecule has 40 heavy (non-hydrogen) atoms. The fourth-order valence-electron chi connectivity index (χ4n) is 4.24. The maximum absolute atomic E-state index is 13.6. The molecule has 5 rings (SSSR count). The van der Waals surface area contributed by atoms with E-state index in [9.17, 15) is 19.2 Å². The first-order valence-electron chi connectivity index (χ1n) is 12.2. The number of carbonyl (C=O) groups excluding carboxylic acids is 2. The average Bonchev–Trinajstić information content (AvgIpc) is 3.47. The molecule has 2 heterocycles. The van der Waals surface area contributed by atoms with Crippen molar-refractivity contribution in [3.8, 4) is 5.69 Å². The highest BCUT2D eigenvalue weighted by atomic mass is 35.5. The number of furan rings is 1. The van der Waals surface area contributed by atoms with Crippen molar-refractivity contribution in [2.24, 2.45) is 0 Å². The Morgan fingerprint density at radius 3 is 2.38 bits per heavy atom. The zero-order valence-corrected chi connectivity index (χ0v) is 22.4. The van der Waals surface area contributed by atoms with Gasteiger partial charge >= 0.3 is 5.69 Å². The number of carbonyl (C=O) groups is 2. The lowest BCUT2D eigenvalue weighted by Crippen LogP contribution is -2.40. The normalized spacial score (nSPS) is 10.9. The number of nitrogens with one attached hydrogen (secondary N) is 2. The van der Waals surface area contributed by atoms with Crippen LogP contribution in [-0.2, 0) is 29.1 Å². The lowest BCUT2D eigenvalue weighted by atomic mass is 10.1. The van der Waals surface area contributed by atoms with Gasteiger partial charge in [0.1, 0.15) is 12.3 Å². The number of amides is 2. The Bertz CT molecular complexity index is 1830. The second-order valence-electron chi connectivity index (χ2n) is 8.88. The number of para-hydroxylation sites is 1. The quantitative estimate of drug-likeness (QED) is 0.281. The molecule has 0 aliphatic rings. The summed E-state index contributed by atoms with van der Waals surface area (Å²) in [7, 11) is 0. The Hall–Kier alpha value is -4.60. The molecule has 0 spiro atoms. The van der Waals surface area contributed by atoms with Crippen LogP contribution in [-0.4, -0.2) is 20.9 Å². The number of fused-ring (bicyclic) bond motifs is 1. The number of benzene rings is 3. The molecule has 202 valence electrons. The summed E-state index contributed by atoms with van der Waals surface area (Å²) in [5.74, 6) is -0.0993. The molecule has 2 N–H and O–H groups in total. The van der Waals surface area contributed by atoms with Gasteiger partial charge in [0, 0.05) is 0 Å². The lowest BCUT2D eigenvalue weighted by molar-refractivity contribution is -0.120. The number of anilines is 1. The molecule has 0 atom stereocenters. The summed E-state index contributed by atoms with van der Waals surface area (Å²) < 4.78 is 7.44. The van der Waals surface area contributed by atoms with E-state index in [1.807, 2.05) is 0 Å². The van der Waals surface area contributed by atoms with E-state index in [0.29, 0.717) is 28.2 Å². The maximum Gasteiger partial charge on any atom is 0.336 e. The molecule has 9 nitrogen and oxygen atoms in total. The number of halogens is 2. The van der Waals surface area contributed by atoms with Crippen LogP contribution >= 0.6 is 23.2 Å². The van der Waals surface area contributed by atoms with Crippen molar-refractivity contribution >= 4 is 51.6 Å². The van der Waals surface area contributed by atoms with Crippen molar-refractivity contribution in [2.45, 2.75) is 19.5 Å². The van der Waals surface area contributed by atoms with Gasteiger partial charge in [0.05, 0.1) is 51.6 Å². The van der Waals surface area contributed by atoms with E-state index in [-0.39, 0.29) is 40.8 Å². The lowest BCUT2D eigenvalue weighted by Gasteiger charge is -2.15. The molecule has 0 saturated heterocycles. The molecule has 2 aromatic heterocycles. The van der Waals surface area contributed by atoms with Crippen LogP contribution in [0, 0.1) is 0 Å². The van der Waals surface area contributed by atoms with Crippen LogP contribution in [0.1, 0.15) is 11.3 Å². The second kappa shape index (κ2) is 11.6. The van der Waals surface area contributed by atoms with Gasteiger partial charge in [-0.1, -0.05) is 53.5 Å². The molecule has 3 aromatic carbocycles. The maximum atomic E-state index is 13.6. The smallest absolute Gasteiger partial charge is 0.336 e. The SMILES string of the molecule is O=C(Cc1ccc(-n2c(=O)c3ccccc3n(CC(=O)Nc3cccc(Cl)c3Cl)c2=O)cc1)NCc1ccco1. The van der Waals surface area contributed by atoms with Crippen LogP contribution in [0.4, 0.5) is 5.69 Å². The van der Waals surface area contributed by atoms with Gasteiger partial charge in [0.15, 0.2) is 0 Å². The zero-order chi connectivity index (χ0) is 28.2. The fraction of sp³-hybridized carbons (Fsp3) is 0.103. The van der Waals surface area contributed by atoms with E-state index >= 15 is 0 Å². The minimum atomic E-state index is -0.694. The first-order chi connectivity index (χ1) is 19.3. The van der Waals surface area contributed by atoms with Crippen LogP contribution < -0.4 is 21.9 Å². The van der Waals surface area contributed by atoms with Crippen LogP contribution in [0.25, 0.3) is 16.6 Å². The number of aromatic nitrogens is 2. The van der Waals surface area contributed by atoms with E-state index in [4.69, 9.17) is 27.6 Å². The van der Waals surface area contributed by atoms with Gasteiger partial charge in [-0.15, -0.1) is 0 Å². The Labute approximate surface area is 237 Å². The number of nitrogens with zero attached hydrogens (tertiary/aromatic N) is 2. The van der Waals surface area contributed by atoms with Gasteiger partial charge in [-0.2, -0.15) is 0 Å². The van der Waals surface area contributed by atoms with E-state index < -0.39 is 17.2 Å². The molecule has 5 aromatic rings. The molecule has 0 fully saturated rings. The first kappa shape index (κ1) is 27.0. The average molecular weight is 577 g/mol. The highest BCUT2D eigenvalue weighted by Crippen LogP contribution is 2.29. The van der Waals surface area contributed by atoms with Gasteiger partial charge < -0.3 is 15.1 Å². The van der Waals surface area contributed by atoms with Crippen molar-refractivity contribution < 1.29 is 14.0 Å². The largest absolute Gasteiger partial charge is 0.467 e. The third kappa shape index (κ3) is 5.70. The van der Waals surface area contributed by atoms with Gasteiger partial charge in [-0.05, 0) is 54.1 Å². The van der Waals surface area contributed by atoms with Crippen molar-refractivity contribution in [1.29, 1.82) is 0 Å². The summed E-state index contributed by atoms with van der Waals surface area (Å²) in [6, 6.07) is 21.4. The molecule has 0 bridgehead atoms. The minimum absolute atomic E-state index is 0.101. The Morgan fingerprint density at radius 2 is 1.62 bits per heavy atom. The number of hydrogen-bond donors (Lipinski definition) is 2. The van der Waals surface area contributed by atoms with Gasteiger partial charge in [-0.3, -0.25) is 19.0 Å². The molecule has 0 radical (unpaired) electrons. The van der Waals surface area contributed by atoms with E-state index in [2.05, 4.69) is 10.6 Å². The summed E-state index contributed by atoms with van der Waals surface area (Å²) in [5, 5.41) is 6.15. The van der Waals surface area contributed by atoms with E-state index in [1.54, 1.807) is 78.9 Å². The Balaban J connectivity index is 1.42. The number of hydrogen-bond acceptors (Lipinski definition) is 5. The van der Waals surface area contributed by atoms with E-state index in [1.165, 1.54) is 10.8 Å². The van der Waals surface area contributed by atoms with Crippen LogP contribution in [0.2, 0.25) is 10.0 Å². The van der Waals surface area contributed by atoms with Crippen molar-refractivity contribution in [3.05, 3.63) is 127 Å². The molecule has 0 aliphatic carbocycles. The molecule has 2 amide bonds. The molecule has 0 saturated carbocycles. The van der Waals surface area contributed by atoms with Crippen LogP contribution in [0.5, 0.6) is 0 Å². The van der Waals surface area contributed by atoms with Crippen molar-refractivity contribution in [2.75, 3.05) is 5.32 Å². The van der Waals surface area contributed by atoms with Gasteiger partial charge in [0.25, 0.3) is 5.56 Å². The number of rotatable bonds is 8. The summed E-state index contributed by atoms with van der Waals surface area (Å²) in [6.45, 7) is -0.108. The van der Waals surface area contributed by atoms with Gasteiger partial charge in [-0.25, -0.2) is 9.36 Å². The molecular formula is C29H22Cl2N4O5. The summed E-state index contributed by atoms with van der Waals surface area (Å²) in [6.07, 6.45) is 1.63. The summed E-state index contributed by atoms with van der Waals surface area (Å²) in [4.78, 5) is 52.2. The Morgan fingerprint density at radius 1 is 0.850 bits per heavy atom. The van der Waals surface area contributed by atoms with Crippen molar-refractivity contribution in [1.82, 2.24) is 14.5 Å². The monoisotopic (exact) mass is 576 g/mol. The van der Waals surface area contributed by atoms with Crippen molar-refractivity contribution in [3.63, 3.8) is 0 Å². The highest BCUT2D eigenvalue weighted by Gasteiger charge is 2.17. The Kier molecular flexibility index (Phi) is 7.86. The standard InChI is InChI=1S/C29H22Cl2N4O5/c30-22-7-3-8-23(27(22)31)33-26(37)17-34-24-9-2-1-6-21(24)28(38)35(29(34)39)19-12-10-18(11-13-19)15-25(36)32-16-20-5-4-14-40-20/h1-14H,15-17H2,(H,32,36)(H,33,37). The summed E-state index contributed by atoms with van der Waals surface area (Å²) in [5.41, 5.74) is 0.374. The summed E-state index contributed by atoms with van der Waals surface area (Å²) >= 11 is 12.2. The van der Waals surface area contributed by atoms with E-state index in [0.717, 1.165) is 4.57 Å². The molecule has 0 unspecified atom stereocenters. The third-order valence-electron chi connectivity index (χ3n) is 6.18. The second-order valence-corrected chi connectivity index (χ2v) is 9.66. The van der Waals surface area contributed by atoms with Crippen LogP contribution in [0.3, 0.4) is 0 Å². The predicted octanol–water partition coefficient (Wildman–Crippen LogP) is 4.55. The molecule has 11 heteroatoms.